The fraction of sp³-hybridized carbons (Fsp3) is 0.400. The van der Waals surface area contributed by atoms with Crippen molar-refractivity contribution in [2.24, 2.45) is 11.5 Å². The van der Waals surface area contributed by atoms with Crippen LogP contribution in [0, 0.1) is 6.92 Å². The molecule has 1 aromatic carbocycles. The van der Waals surface area contributed by atoms with E-state index in [1.54, 1.807) is 0 Å². The van der Waals surface area contributed by atoms with Gasteiger partial charge in [0, 0.05) is 24.7 Å². The van der Waals surface area contributed by atoms with Crippen LogP contribution in [0.5, 0.6) is 0 Å². The number of hydrogen-bond donors (Lipinski definition) is 3. The summed E-state index contributed by atoms with van der Waals surface area (Å²) in [6, 6.07) is 3.86. The average Bonchev–Trinajstić information content (AvgIpc) is 2.74. The van der Waals surface area contributed by atoms with E-state index in [4.69, 9.17) is 11.5 Å². The zero-order chi connectivity index (χ0) is 14.7. The van der Waals surface area contributed by atoms with Crippen LogP contribution < -0.4 is 11.5 Å². The maximum Gasteiger partial charge on any atom is 0.338 e. The van der Waals surface area contributed by atoms with Gasteiger partial charge in [0.2, 0.25) is 0 Å². The quantitative estimate of drug-likeness (QED) is 0.744. The SMILES string of the molecule is Cc1ccc2c(CCCN)cn(CCN)c2c1C(=O)O. The molecule has 0 fully saturated rings. The molecule has 2 aromatic rings. The molecule has 1 aromatic heterocycles. The number of aryl methyl sites for hydroxylation is 2. The van der Waals surface area contributed by atoms with Gasteiger partial charge in [-0.05, 0) is 37.4 Å². The van der Waals surface area contributed by atoms with E-state index in [0.29, 0.717) is 25.2 Å². The molecule has 0 atom stereocenters. The van der Waals surface area contributed by atoms with Crippen LogP contribution in [-0.4, -0.2) is 28.7 Å². The Morgan fingerprint density at radius 3 is 2.65 bits per heavy atom. The molecule has 0 aliphatic carbocycles. The molecule has 0 saturated carbocycles. The van der Waals surface area contributed by atoms with E-state index >= 15 is 0 Å². The van der Waals surface area contributed by atoms with Gasteiger partial charge in [-0.1, -0.05) is 12.1 Å². The number of fused-ring (bicyclic) bond motifs is 1. The highest BCUT2D eigenvalue weighted by molar-refractivity contribution is 6.04. The Kier molecular flexibility index (Phi) is 4.42. The Bertz CT molecular complexity index is 632. The monoisotopic (exact) mass is 275 g/mol. The van der Waals surface area contributed by atoms with E-state index < -0.39 is 5.97 Å². The molecule has 0 saturated heterocycles. The fourth-order valence-corrected chi connectivity index (χ4v) is 2.65. The van der Waals surface area contributed by atoms with Gasteiger partial charge in [0.15, 0.2) is 0 Å². The molecule has 0 aliphatic heterocycles. The first-order chi connectivity index (χ1) is 9.60. The summed E-state index contributed by atoms with van der Waals surface area (Å²) in [5.74, 6) is -0.894. The molecule has 0 radical (unpaired) electrons. The van der Waals surface area contributed by atoms with Crippen LogP contribution in [0.4, 0.5) is 0 Å². The third-order valence-corrected chi connectivity index (χ3v) is 3.57. The van der Waals surface area contributed by atoms with Crippen LogP contribution >= 0.6 is 0 Å². The first-order valence-corrected chi connectivity index (χ1v) is 6.85. The summed E-state index contributed by atoms with van der Waals surface area (Å²) in [5, 5.41) is 10.5. The molecule has 0 unspecified atom stereocenters. The third-order valence-electron chi connectivity index (χ3n) is 3.57. The fourth-order valence-electron chi connectivity index (χ4n) is 2.65. The van der Waals surface area contributed by atoms with Crippen molar-refractivity contribution in [3.8, 4) is 0 Å². The highest BCUT2D eigenvalue weighted by Gasteiger charge is 2.18. The van der Waals surface area contributed by atoms with Crippen molar-refractivity contribution < 1.29 is 9.90 Å². The van der Waals surface area contributed by atoms with Crippen LogP contribution in [0.15, 0.2) is 18.3 Å². The van der Waals surface area contributed by atoms with Gasteiger partial charge in [-0.3, -0.25) is 0 Å². The first kappa shape index (κ1) is 14.6. The summed E-state index contributed by atoms with van der Waals surface area (Å²) in [6.07, 6.45) is 3.75. The highest BCUT2D eigenvalue weighted by Crippen LogP contribution is 2.28. The number of benzene rings is 1. The van der Waals surface area contributed by atoms with Crippen LogP contribution in [0.25, 0.3) is 10.9 Å². The average molecular weight is 275 g/mol. The van der Waals surface area contributed by atoms with Crippen molar-refractivity contribution in [1.29, 1.82) is 0 Å². The molecule has 0 bridgehead atoms. The van der Waals surface area contributed by atoms with Crippen LogP contribution in [-0.2, 0) is 13.0 Å². The third kappa shape index (κ3) is 2.55. The summed E-state index contributed by atoms with van der Waals surface area (Å²) in [4.78, 5) is 11.6. The highest BCUT2D eigenvalue weighted by atomic mass is 16.4. The zero-order valence-electron chi connectivity index (χ0n) is 11.7. The topological polar surface area (TPSA) is 94.3 Å². The molecule has 5 heteroatoms. The van der Waals surface area contributed by atoms with Gasteiger partial charge in [-0.25, -0.2) is 4.79 Å². The van der Waals surface area contributed by atoms with Crippen molar-refractivity contribution in [1.82, 2.24) is 4.57 Å². The Morgan fingerprint density at radius 1 is 1.30 bits per heavy atom. The summed E-state index contributed by atoms with van der Waals surface area (Å²) < 4.78 is 1.96. The Labute approximate surface area is 118 Å². The molecule has 0 spiro atoms. The number of carbonyl (C=O) groups is 1. The number of nitrogens with two attached hydrogens (primary N) is 2. The molecule has 2 rings (SSSR count). The second-order valence-corrected chi connectivity index (χ2v) is 4.99. The Morgan fingerprint density at radius 2 is 2.05 bits per heavy atom. The van der Waals surface area contributed by atoms with E-state index in [2.05, 4.69) is 0 Å². The molecule has 5 nitrogen and oxygen atoms in total. The lowest BCUT2D eigenvalue weighted by Gasteiger charge is -2.08. The molecular formula is C15H21N3O2. The molecule has 20 heavy (non-hydrogen) atoms. The van der Waals surface area contributed by atoms with Gasteiger partial charge in [0.1, 0.15) is 0 Å². The maximum absolute atomic E-state index is 11.6. The minimum Gasteiger partial charge on any atom is -0.478 e. The Hall–Kier alpha value is -1.85. The molecule has 1 heterocycles. The number of aromatic carboxylic acids is 1. The number of rotatable bonds is 6. The molecule has 108 valence electrons. The largest absolute Gasteiger partial charge is 0.478 e. The summed E-state index contributed by atoms with van der Waals surface area (Å²) in [6.45, 7) is 3.54. The summed E-state index contributed by atoms with van der Waals surface area (Å²) in [7, 11) is 0. The first-order valence-electron chi connectivity index (χ1n) is 6.85. The lowest BCUT2D eigenvalue weighted by atomic mass is 10.0. The van der Waals surface area contributed by atoms with E-state index in [9.17, 15) is 9.90 Å². The normalized spacial score (nSPS) is 11.2. The standard InChI is InChI=1S/C15H21N3O2/c1-10-4-5-12-11(3-2-6-16)9-18(8-7-17)14(12)13(10)15(19)20/h4-5,9H,2-3,6-8,16-17H2,1H3,(H,19,20). The molecular weight excluding hydrogens is 254 g/mol. The minimum atomic E-state index is -0.894. The van der Waals surface area contributed by atoms with E-state index in [1.165, 1.54) is 0 Å². The number of aromatic nitrogens is 1. The van der Waals surface area contributed by atoms with Crippen molar-refractivity contribution in [2.45, 2.75) is 26.3 Å². The predicted octanol–water partition coefficient (Wildman–Crippen LogP) is 1.50. The minimum absolute atomic E-state index is 0.370. The number of carboxylic acids is 1. The van der Waals surface area contributed by atoms with E-state index in [-0.39, 0.29) is 0 Å². The van der Waals surface area contributed by atoms with Crippen molar-refractivity contribution in [3.05, 3.63) is 35.0 Å². The van der Waals surface area contributed by atoms with Gasteiger partial charge in [-0.15, -0.1) is 0 Å². The maximum atomic E-state index is 11.6. The second-order valence-electron chi connectivity index (χ2n) is 4.99. The van der Waals surface area contributed by atoms with E-state index in [1.807, 2.05) is 29.8 Å². The second kappa shape index (κ2) is 6.07. The van der Waals surface area contributed by atoms with Gasteiger partial charge >= 0.3 is 5.97 Å². The number of nitrogens with zero attached hydrogens (tertiary/aromatic N) is 1. The van der Waals surface area contributed by atoms with Crippen molar-refractivity contribution in [2.75, 3.05) is 13.1 Å². The lowest BCUT2D eigenvalue weighted by Crippen LogP contribution is -2.11. The van der Waals surface area contributed by atoms with E-state index in [0.717, 1.165) is 34.9 Å². The molecule has 0 amide bonds. The van der Waals surface area contributed by atoms with Crippen molar-refractivity contribution >= 4 is 16.9 Å². The van der Waals surface area contributed by atoms with Gasteiger partial charge < -0.3 is 21.1 Å². The number of carboxylic acid groups (broad SMARTS) is 1. The van der Waals surface area contributed by atoms with Crippen LogP contribution in [0.3, 0.4) is 0 Å². The van der Waals surface area contributed by atoms with Gasteiger partial charge in [0.25, 0.3) is 0 Å². The molecule has 0 aliphatic rings. The summed E-state index contributed by atoms with van der Waals surface area (Å²) in [5.41, 5.74) is 14.3. The van der Waals surface area contributed by atoms with Crippen LogP contribution in [0.2, 0.25) is 0 Å². The smallest absolute Gasteiger partial charge is 0.338 e. The zero-order valence-corrected chi connectivity index (χ0v) is 11.7. The predicted molar refractivity (Wildman–Crippen MR) is 80.1 cm³/mol. The number of hydrogen-bond acceptors (Lipinski definition) is 3. The van der Waals surface area contributed by atoms with Gasteiger partial charge in [0.05, 0.1) is 11.1 Å². The van der Waals surface area contributed by atoms with Crippen LogP contribution in [0.1, 0.15) is 27.9 Å². The lowest BCUT2D eigenvalue weighted by molar-refractivity contribution is 0.0698. The summed E-state index contributed by atoms with van der Waals surface area (Å²) >= 11 is 0. The van der Waals surface area contributed by atoms with Crippen molar-refractivity contribution in [3.63, 3.8) is 0 Å². The Balaban J connectivity index is 2.68. The van der Waals surface area contributed by atoms with Gasteiger partial charge in [-0.2, -0.15) is 0 Å². The molecule has 5 N–H and O–H groups in total.